The summed E-state index contributed by atoms with van der Waals surface area (Å²) in [7, 11) is 0. The van der Waals surface area contributed by atoms with Crippen LogP contribution in [0.4, 0.5) is 0 Å². The molecule has 12 heteroatoms. The zero-order valence-electron chi connectivity index (χ0n) is 8.51. The van der Waals surface area contributed by atoms with Crippen molar-refractivity contribution in [2.75, 3.05) is 19.8 Å². The first kappa shape index (κ1) is 14.8. The molecule has 0 spiro atoms. The third-order valence-corrected chi connectivity index (χ3v) is 1.71. The van der Waals surface area contributed by atoms with Crippen LogP contribution in [0.1, 0.15) is 6.42 Å². The summed E-state index contributed by atoms with van der Waals surface area (Å²) < 4.78 is 0. The summed E-state index contributed by atoms with van der Waals surface area (Å²) in [6, 6.07) is 0. The first-order valence-electron chi connectivity index (χ1n) is 4.20. The van der Waals surface area contributed by atoms with Crippen molar-refractivity contribution in [2.24, 2.45) is 5.73 Å². The molecule has 0 aliphatic carbocycles. The highest BCUT2D eigenvalue weighted by Crippen LogP contribution is 2.09. The van der Waals surface area contributed by atoms with Gasteiger partial charge < -0.3 is 15.4 Å². The molecule has 0 aliphatic heterocycles. The molecular formula is C5H10N4O8. The normalized spacial score (nSPS) is 10.6. The molecule has 0 atom stereocenters. The van der Waals surface area contributed by atoms with Gasteiger partial charge in [0.15, 0.2) is 0 Å². The molecule has 0 saturated carbocycles. The van der Waals surface area contributed by atoms with Gasteiger partial charge in [-0.15, -0.1) is 20.2 Å². The number of hydrogen-bond acceptors (Lipinski definition) is 9. The molecule has 0 radical (unpaired) electrons. The fourth-order valence-electron chi connectivity index (χ4n) is 0.862. The minimum Gasteiger partial charge on any atom is -0.322 e. The second-order valence-corrected chi connectivity index (χ2v) is 3.16. The fraction of sp³-hybridized carbons (Fsp3) is 1.00. The van der Waals surface area contributed by atoms with Crippen LogP contribution in [0, 0.1) is 30.3 Å². The lowest BCUT2D eigenvalue weighted by Gasteiger charge is -2.25. The average Bonchev–Trinajstić information content (AvgIpc) is 2.21. The zero-order chi connectivity index (χ0) is 13.5. The van der Waals surface area contributed by atoms with Crippen LogP contribution in [0.2, 0.25) is 0 Å². The Morgan fingerprint density at radius 3 is 1.71 bits per heavy atom. The molecule has 0 aromatic rings. The molecular weight excluding hydrogens is 244 g/mol. The summed E-state index contributed by atoms with van der Waals surface area (Å²) in [6.07, 6.45) is -0.359. The minimum atomic E-state index is -1.67. The minimum absolute atomic E-state index is 0.359. The van der Waals surface area contributed by atoms with Crippen LogP contribution in [0.5, 0.6) is 0 Å². The van der Waals surface area contributed by atoms with Crippen molar-refractivity contribution in [3.8, 4) is 0 Å². The van der Waals surface area contributed by atoms with Gasteiger partial charge in [0.2, 0.25) is 6.54 Å². The third kappa shape index (κ3) is 7.66. The van der Waals surface area contributed by atoms with Gasteiger partial charge in [-0.05, 0) is 0 Å². The molecule has 17 heavy (non-hydrogen) atoms. The second-order valence-electron chi connectivity index (χ2n) is 3.16. The van der Waals surface area contributed by atoms with E-state index in [1.165, 1.54) is 0 Å². The van der Waals surface area contributed by atoms with E-state index in [0.717, 1.165) is 0 Å². The van der Waals surface area contributed by atoms with Gasteiger partial charge in [-0.1, -0.05) is 0 Å². The van der Waals surface area contributed by atoms with Gasteiger partial charge in [0, 0.05) is 11.3 Å². The zero-order valence-corrected chi connectivity index (χ0v) is 8.51. The van der Waals surface area contributed by atoms with Gasteiger partial charge in [-0.3, -0.25) is 10.1 Å². The molecule has 0 unspecified atom stereocenters. The first-order chi connectivity index (χ1) is 7.75. The topological polar surface area (TPSA) is 174 Å². The second kappa shape index (κ2) is 6.37. The van der Waals surface area contributed by atoms with Crippen molar-refractivity contribution >= 4 is 0 Å². The quantitative estimate of drug-likeness (QED) is 0.389. The summed E-state index contributed by atoms with van der Waals surface area (Å²) in [6.45, 7) is -2.08. The Morgan fingerprint density at radius 2 is 1.41 bits per heavy atom. The van der Waals surface area contributed by atoms with E-state index in [-0.39, 0.29) is 6.42 Å². The molecule has 0 rings (SSSR count). The molecule has 0 aromatic heterocycles. The van der Waals surface area contributed by atoms with E-state index in [2.05, 4.69) is 9.68 Å². The predicted molar refractivity (Wildman–Crippen MR) is 49.3 cm³/mol. The van der Waals surface area contributed by atoms with E-state index in [9.17, 15) is 30.3 Å². The highest BCUT2D eigenvalue weighted by molar-refractivity contribution is 4.82. The standard InChI is InChI=1S/C5H10N4O8/c6-5(1-2-7(10)11,3-16-8(12)13)4-17-9(14)15/h1-4,6H2. The van der Waals surface area contributed by atoms with Crippen LogP contribution in [0.3, 0.4) is 0 Å². The SMILES string of the molecule is NC(CC[N+](=O)[O-])(CO[N+](=O)[O-])CO[N+](=O)[O-]. The number of nitrogens with zero attached hydrogens (tertiary/aromatic N) is 3. The largest absolute Gasteiger partial charge is 0.322 e. The lowest BCUT2D eigenvalue weighted by Crippen LogP contribution is -2.51. The van der Waals surface area contributed by atoms with Gasteiger partial charge in [0.25, 0.3) is 10.2 Å². The first-order valence-corrected chi connectivity index (χ1v) is 4.20. The Morgan fingerprint density at radius 1 is 1.00 bits per heavy atom. The monoisotopic (exact) mass is 254 g/mol. The van der Waals surface area contributed by atoms with Crippen LogP contribution >= 0.6 is 0 Å². The number of hydrogen-bond donors (Lipinski definition) is 1. The predicted octanol–water partition coefficient (Wildman–Crippen LogP) is -1.23. The van der Waals surface area contributed by atoms with Crippen molar-refractivity contribution in [1.82, 2.24) is 0 Å². The molecule has 0 aliphatic rings. The summed E-state index contributed by atoms with van der Waals surface area (Å²) in [4.78, 5) is 37.2. The van der Waals surface area contributed by atoms with E-state index in [1.54, 1.807) is 0 Å². The van der Waals surface area contributed by atoms with Crippen LogP contribution in [-0.4, -0.2) is 40.4 Å². The third-order valence-electron chi connectivity index (χ3n) is 1.71. The van der Waals surface area contributed by atoms with Crippen molar-refractivity contribution < 1.29 is 24.8 Å². The smallest absolute Gasteiger partial charge is 0.294 e. The molecule has 0 heterocycles. The van der Waals surface area contributed by atoms with E-state index in [4.69, 9.17) is 5.73 Å². The number of nitrogens with two attached hydrogens (primary N) is 1. The lowest BCUT2D eigenvalue weighted by molar-refractivity contribution is -0.769. The van der Waals surface area contributed by atoms with Gasteiger partial charge in [0.1, 0.15) is 13.2 Å². The lowest BCUT2D eigenvalue weighted by atomic mass is 9.99. The van der Waals surface area contributed by atoms with Crippen molar-refractivity contribution in [2.45, 2.75) is 12.0 Å². The molecule has 0 aromatic carbocycles. The van der Waals surface area contributed by atoms with Crippen molar-refractivity contribution in [3.05, 3.63) is 30.3 Å². The highest BCUT2D eigenvalue weighted by Gasteiger charge is 2.30. The molecule has 0 fully saturated rings. The maximum Gasteiger partial charge on any atom is 0.294 e. The van der Waals surface area contributed by atoms with Crippen molar-refractivity contribution in [1.29, 1.82) is 0 Å². The molecule has 12 nitrogen and oxygen atoms in total. The maximum absolute atomic E-state index is 10.1. The van der Waals surface area contributed by atoms with Crippen molar-refractivity contribution in [3.63, 3.8) is 0 Å². The summed E-state index contributed by atoms with van der Waals surface area (Å²) in [5.74, 6) is 0. The van der Waals surface area contributed by atoms with Crippen LogP contribution in [0.15, 0.2) is 0 Å². The number of nitro groups is 1. The summed E-state index contributed by atoms with van der Waals surface area (Å²) in [5.41, 5.74) is 3.81. The van der Waals surface area contributed by atoms with Crippen LogP contribution in [-0.2, 0) is 9.68 Å². The highest BCUT2D eigenvalue weighted by atomic mass is 17.0. The number of rotatable bonds is 9. The Labute approximate surface area is 93.6 Å². The fourth-order valence-corrected chi connectivity index (χ4v) is 0.862. The Bertz CT molecular complexity index is 261. The summed E-state index contributed by atoms with van der Waals surface area (Å²) in [5, 5.41) is 27.7. The molecule has 2 N–H and O–H groups in total. The molecule has 0 bridgehead atoms. The Kier molecular flexibility index (Phi) is 5.53. The van der Waals surface area contributed by atoms with Gasteiger partial charge >= 0.3 is 0 Å². The molecule has 0 amide bonds. The van der Waals surface area contributed by atoms with E-state index in [1.807, 2.05) is 0 Å². The van der Waals surface area contributed by atoms with Crippen LogP contribution in [0.25, 0.3) is 0 Å². The van der Waals surface area contributed by atoms with E-state index >= 15 is 0 Å². The Balaban J connectivity index is 4.37. The molecule has 0 saturated heterocycles. The maximum atomic E-state index is 10.1. The molecule has 98 valence electrons. The van der Waals surface area contributed by atoms with Crippen LogP contribution < -0.4 is 5.73 Å². The average molecular weight is 254 g/mol. The van der Waals surface area contributed by atoms with Gasteiger partial charge in [-0.25, -0.2) is 0 Å². The van der Waals surface area contributed by atoms with Gasteiger partial charge in [-0.2, -0.15) is 0 Å². The van der Waals surface area contributed by atoms with E-state index < -0.39 is 40.4 Å². The van der Waals surface area contributed by atoms with E-state index in [0.29, 0.717) is 0 Å². The summed E-state index contributed by atoms with van der Waals surface area (Å²) >= 11 is 0. The Hall–Kier alpha value is -2.24. The van der Waals surface area contributed by atoms with Gasteiger partial charge in [0.05, 0.1) is 5.54 Å².